The molecule has 0 spiro atoms. The van der Waals surface area contributed by atoms with E-state index in [0.717, 1.165) is 42.5 Å². The van der Waals surface area contributed by atoms with Gasteiger partial charge in [0.25, 0.3) is 0 Å². The number of aromatic nitrogens is 1. The average Bonchev–Trinajstić information content (AvgIpc) is 2.58. The molecule has 1 aliphatic carbocycles. The third-order valence-corrected chi connectivity index (χ3v) is 4.97. The number of nitrogens with zero attached hydrogens (tertiary/aromatic N) is 1. The Labute approximate surface area is 153 Å². The fourth-order valence-electron chi connectivity index (χ4n) is 3.26. The number of pyridine rings is 1. The molecule has 0 saturated heterocycles. The Morgan fingerprint density at radius 1 is 1.28 bits per heavy atom. The zero-order valence-electron chi connectivity index (χ0n) is 14.4. The fourth-order valence-corrected chi connectivity index (χ4v) is 3.41. The number of hydrogen-bond acceptors (Lipinski definition) is 4. The molecule has 6 heteroatoms. The number of hydrogen-bond donors (Lipinski definition) is 3. The average molecular weight is 363 g/mol. The van der Waals surface area contributed by atoms with E-state index >= 15 is 0 Å². The lowest BCUT2D eigenvalue weighted by Crippen LogP contribution is -2.33. The monoisotopic (exact) mass is 362 g/mol. The van der Waals surface area contributed by atoms with E-state index < -0.39 is 0 Å². The predicted octanol–water partition coefficient (Wildman–Crippen LogP) is 4.48. The van der Waals surface area contributed by atoms with Crippen LogP contribution in [0.5, 0.6) is 0 Å². The van der Waals surface area contributed by atoms with Gasteiger partial charge < -0.3 is 16.4 Å². The third-order valence-electron chi connectivity index (χ3n) is 4.76. The van der Waals surface area contributed by atoms with E-state index in [4.69, 9.17) is 17.3 Å². The van der Waals surface area contributed by atoms with Gasteiger partial charge in [-0.25, -0.2) is 9.37 Å². The quantitative estimate of drug-likeness (QED) is 0.686. The number of halogens is 2. The third kappa shape index (κ3) is 4.61. The molecule has 1 fully saturated rings. The molecular formula is C19H24ClFN4. The van der Waals surface area contributed by atoms with Crippen molar-refractivity contribution in [2.24, 2.45) is 5.73 Å². The van der Waals surface area contributed by atoms with Crippen molar-refractivity contribution in [3.8, 4) is 0 Å². The van der Waals surface area contributed by atoms with Gasteiger partial charge in [0.2, 0.25) is 0 Å². The highest BCUT2D eigenvalue weighted by atomic mass is 35.5. The Morgan fingerprint density at radius 3 is 2.76 bits per heavy atom. The lowest BCUT2D eigenvalue weighted by atomic mass is 9.91. The predicted molar refractivity (Wildman–Crippen MR) is 102 cm³/mol. The molecule has 2 aromatic rings. The number of rotatable bonds is 5. The summed E-state index contributed by atoms with van der Waals surface area (Å²) in [6.45, 7) is 2.36. The summed E-state index contributed by atoms with van der Waals surface area (Å²) in [6, 6.07) is 7.58. The van der Waals surface area contributed by atoms with Crippen LogP contribution in [0.4, 0.5) is 15.8 Å². The Balaban J connectivity index is 1.73. The first-order valence-electron chi connectivity index (χ1n) is 8.68. The molecule has 4 N–H and O–H groups in total. The van der Waals surface area contributed by atoms with E-state index in [9.17, 15) is 4.39 Å². The smallest absolute Gasteiger partial charge is 0.146 e. The van der Waals surface area contributed by atoms with Gasteiger partial charge in [0.15, 0.2) is 0 Å². The summed E-state index contributed by atoms with van der Waals surface area (Å²) in [7, 11) is 0. The molecule has 1 aromatic carbocycles. The van der Waals surface area contributed by atoms with Crippen LogP contribution in [0.25, 0.3) is 0 Å². The van der Waals surface area contributed by atoms with Crippen molar-refractivity contribution in [3.05, 3.63) is 52.6 Å². The molecule has 1 saturated carbocycles. The molecule has 4 nitrogen and oxygen atoms in total. The standard InChI is InChI=1S/C19H24ClFN4/c1-12-3-2-4-16(21)19(12)24-11-13-10-23-18(20)9-17(13)25-15-7-5-14(22)6-8-15/h2-4,9-10,14-15,24H,5-8,11,22H2,1H3,(H,23,25). The zero-order chi connectivity index (χ0) is 17.8. The van der Waals surface area contributed by atoms with Crippen LogP contribution in [0.3, 0.4) is 0 Å². The van der Waals surface area contributed by atoms with Crippen LogP contribution in [-0.2, 0) is 6.54 Å². The van der Waals surface area contributed by atoms with Crippen molar-refractivity contribution in [3.63, 3.8) is 0 Å². The second-order valence-electron chi connectivity index (χ2n) is 6.71. The van der Waals surface area contributed by atoms with E-state index in [1.54, 1.807) is 12.3 Å². The molecule has 134 valence electrons. The summed E-state index contributed by atoms with van der Waals surface area (Å²) in [5, 5.41) is 7.19. The van der Waals surface area contributed by atoms with Gasteiger partial charge in [-0.05, 0) is 50.3 Å². The maximum atomic E-state index is 14.0. The summed E-state index contributed by atoms with van der Waals surface area (Å²) in [6.07, 6.45) is 5.88. The van der Waals surface area contributed by atoms with Crippen LogP contribution in [0.15, 0.2) is 30.5 Å². The Morgan fingerprint density at radius 2 is 2.04 bits per heavy atom. The first-order valence-corrected chi connectivity index (χ1v) is 9.06. The fraction of sp³-hybridized carbons (Fsp3) is 0.421. The van der Waals surface area contributed by atoms with Gasteiger partial charge in [-0.15, -0.1) is 0 Å². The maximum Gasteiger partial charge on any atom is 0.146 e. The van der Waals surface area contributed by atoms with E-state index in [0.29, 0.717) is 29.5 Å². The van der Waals surface area contributed by atoms with E-state index in [1.165, 1.54) is 6.07 Å². The summed E-state index contributed by atoms with van der Waals surface area (Å²) in [4.78, 5) is 4.17. The van der Waals surface area contributed by atoms with Crippen LogP contribution < -0.4 is 16.4 Å². The lowest BCUT2D eigenvalue weighted by Gasteiger charge is -2.28. The van der Waals surface area contributed by atoms with Gasteiger partial charge in [-0.1, -0.05) is 23.7 Å². The number of nitrogens with one attached hydrogen (secondary N) is 2. The van der Waals surface area contributed by atoms with E-state index in [1.807, 2.05) is 19.1 Å². The van der Waals surface area contributed by atoms with Crippen LogP contribution >= 0.6 is 11.6 Å². The minimum atomic E-state index is -0.252. The highest BCUT2D eigenvalue weighted by molar-refractivity contribution is 6.29. The lowest BCUT2D eigenvalue weighted by molar-refractivity contribution is 0.411. The normalized spacial score (nSPS) is 20.3. The van der Waals surface area contributed by atoms with Gasteiger partial charge in [-0.2, -0.15) is 0 Å². The van der Waals surface area contributed by atoms with Crippen molar-refractivity contribution in [1.29, 1.82) is 0 Å². The molecule has 1 aromatic heterocycles. The first kappa shape index (κ1) is 18.0. The van der Waals surface area contributed by atoms with Crippen LogP contribution in [0.2, 0.25) is 5.15 Å². The van der Waals surface area contributed by atoms with E-state index in [2.05, 4.69) is 15.6 Å². The minimum Gasteiger partial charge on any atom is -0.382 e. The number of para-hydroxylation sites is 1. The summed E-state index contributed by atoms with van der Waals surface area (Å²) in [5.74, 6) is -0.252. The topological polar surface area (TPSA) is 63.0 Å². The Kier molecular flexibility index (Phi) is 5.76. The molecule has 0 aliphatic heterocycles. The largest absolute Gasteiger partial charge is 0.382 e. The number of anilines is 2. The second kappa shape index (κ2) is 8.02. The van der Waals surface area contributed by atoms with Crippen molar-refractivity contribution < 1.29 is 4.39 Å². The van der Waals surface area contributed by atoms with Crippen molar-refractivity contribution in [1.82, 2.24) is 4.98 Å². The van der Waals surface area contributed by atoms with Gasteiger partial charge in [0.05, 0.1) is 5.69 Å². The maximum absolute atomic E-state index is 14.0. The number of nitrogens with two attached hydrogens (primary N) is 1. The molecular weight excluding hydrogens is 339 g/mol. The summed E-state index contributed by atoms with van der Waals surface area (Å²) < 4.78 is 14.0. The highest BCUT2D eigenvalue weighted by Gasteiger charge is 2.19. The minimum absolute atomic E-state index is 0.252. The summed E-state index contributed by atoms with van der Waals surface area (Å²) in [5.41, 5.74) is 9.28. The molecule has 3 rings (SSSR count). The van der Waals surface area contributed by atoms with Gasteiger partial charge in [-0.3, -0.25) is 0 Å². The molecule has 0 unspecified atom stereocenters. The second-order valence-corrected chi connectivity index (χ2v) is 7.09. The molecule has 1 aliphatic rings. The Bertz CT molecular complexity index is 709. The number of aryl methyl sites for hydroxylation is 1. The zero-order valence-corrected chi connectivity index (χ0v) is 15.1. The van der Waals surface area contributed by atoms with Gasteiger partial charge >= 0.3 is 0 Å². The SMILES string of the molecule is Cc1cccc(F)c1NCc1cnc(Cl)cc1NC1CCC(N)CC1. The molecule has 0 bridgehead atoms. The molecule has 0 amide bonds. The van der Waals surface area contributed by atoms with Crippen LogP contribution in [0.1, 0.15) is 36.8 Å². The highest BCUT2D eigenvalue weighted by Crippen LogP contribution is 2.26. The van der Waals surface area contributed by atoms with Crippen molar-refractivity contribution in [2.75, 3.05) is 10.6 Å². The van der Waals surface area contributed by atoms with Crippen molar-refractivity contribution >= 4 is 23.0 Å². The summed E-state index contributed by atoms with van der Waals surface area (Å²) >= 11 is 6.07. The molecule has 25 heavy (non-hydrogen) atoms. The Hall–Kier alpha value is -1.85. The molecule has 1 heterocycles. The van der Waals surface area contributed by atoms with Crippen molar-refractivity contribution in [2.45, 2.75) is 51.2 Å². The number of benzene rings is 1. The van der Waals surface area contributed by atoms with Crippen LogP contribution in [-0.4, -0.2) is 17.1 Å². The molecule has 0 atom stereocenters. The van der Waals surface area contributed by atoms with Crippen LogP contribution in [0, 0.1) is 12.7 Å². The first-order chi connectivity index (χ1) is 12.0. The van der Waals surface area contributed by atoms with E-state index in [-0.39, 0.29) is 5.82 Å². The molecule has 0 radical (unpaired) electrons. The van der Waals surface area contributed by atoms with Gasteiger partial charge in [0.1, 0.15) is 11.0 Å². The van der Waals surface area contributed by atoms with Gasteiger partial charge in [0, 0.05) is 36.1 Å².